The number of hydrogen-bond acceptors (Lipinski definition) is 1. The third kappa shape index (κ3) is 2.11. The highest BCUT2D eigenvalue weighted by atomic mass is 15.3. The summed E-state index contributed by atoms with van der Waals surface area (Å²) < 4.78 is 1.98. The van der Waals surface area contributed by atoms with E-state index >= 15 is 0 Å². The van der Waals surface area contributed by atoms with Crippen LogP contribution >= 0.6 is 0 Å². The SMILES string of the molecule is Cc1nn(C)c(C)c1C1C=CC=CC1c1ccccc1. The van der Waals surface area contributed by atoms with E-state index in [9.17, 15) is 0 Å². The molecule has 0 radical (unpaired) electrons. The van der Waals surface area contributed by atoms with E-state index in [4.69, 9.17) is 0 Å². The molecule has 2 nitrogen and oxygen atoms in total. The lowest BCUT2D eigenvalue weighted by Gasteiger charge is -2.25. The van der Waals surface area contributed by atoms with E-state index in [0.29, 0.717) is 11.8 Å². The van der Waals surface area contributed by atoms with Crippen LogP contribution in [0.2, 0.25) is 0 Å². The van der Waals surface area contributed by atoms with Crippen LogP contribution in [0.5, 0.6) is 0 Å². The third-order valence-corrected chi connectivity index (χ3v) is 4.22. The van der Waals surface area contributed by atoms with Gasteiger partial charge in [0.05, 0.1) is 5.69 Å². The fourth-order valence-corrected chi connectivity index (χ4v) is 3.15. The van der Waals surface area contributed by atoms with Crippen LogP contribution in [-0.4, -0.2) is 9.78 Å². The predicted octanol–water partition coefficient (Wildman–Crippen LogP) is 4.03. The molecule has 1 aliphatic carbocycles. The average Bonchev–Trinajstić information content (AvgIpc) is 2.73. The molecule has 0 aliphatic heterocycles. The topological polar surface area (TPSA) is 17.8 Å². The largest absolute Gasteiger partial charge is 0.272 e. The lowest BCUT2D eigenvalue weighted by molar-refractivity contribution is 0.708. The van der Waals surface area contributed by atoms with Gasteiger partial charge in [-0.05, 0) is 19.4 Å². The molecule has 3 rings (SSSR count). The van der Waals surface area contributed by atoms with Gasteiger partial charge in [0.2, 0.25) is 0 Å². The molecule has 20 heavy (non-hydrogen) atoms. The molecule has 0 saturated carbocycles. The summed E-state index contributed by atoms with van der Waals surface area (Å²) in [5.74, 6) is 0.763. The molecule has 2 unspecified atom stereocenters. The van der Waals surface area contributed by atoms with Crippen molar-refractivity contribution in [2.75, 3.05) is 0 Å². The van der Waals surface area contributed by atoms with E-state index in [2.05, 4.69) is 73.6 Å². The molecule has 1 aliphatic rings. The van der Waals surface area contributed by atoms with E-state index in [-0.39, 0.29) is 0 Å². The van der Waals surface area contributed by atoms with Crippen molar-refractivity contribution < 1.29 is 0 Å². The molecule has 1 aromatic heterocycles. The molecular weight excluding hydrogens is 244 g/mol. The van der Waals surface area contributed by atoms with Crippen LogP contribution in [-0.2, 0) is 7.05 Å². The maximum Gasteiger partial charge on any atom is 0.0634 e. The number of benzene rings is 1. The minimum atomic E-state index is 0.371. The third-order valence-electron chi connectivity index (χ3n) is 4.22. The van der Waals surface area contributed by atoms with Gasteiger partial charge in [-0.15, -0.1) is 0 Å². The summed E-state index contributed by atoms with van der Waals surface area (Å²) >= 11 is 0. The van der Waals surface area contributed by atoms with E-state index in [0.717, 1.165) is 5.69 Å². The second-order valence-corrected chi connectivity index (χ2v) is 5.44. The van der Waals surface area contributed by atoms with Gasteiger partial charge in [0.1, 0.15) is 0 Å². The maximum absolute atomic E-state index is 4.57. The molecule has 1 aromatic carbocycles. The van der Waals surface area contributed by atoms with Gasteiger partial charge in [-0.25, -0.2) is 0 Å². The number of rotatable bonds is 2. The van der Waals surface area contributed by atoms with Crippen molar-refractivity contribution >= 4 is 0 Å². The van der Waals surface area contributed by atoms with Gasteiger partial charge >= 0.3 is 0 Å². The Morgan fingerprint density at radius 2 is 1.60 bits per heavy atom. The highest BCUT2D eigenvalue weighted by Gasteiger charge is 2.26. The highest BCUT2D eigenvalue weighted by Crippen LogP contribution is 2.39. The van der Waals surface area contributed by atoms with E-state index < -0.39 is 0 Å². The molecule has 2 atom stereocenters. The first kappa shape index (κ1) is 12.9. The van der Waals surface area contributed by atoms with Gasteiger partial charge < -0.3 is 0 Å². The van der Waals surface area contributed by atoms with Crippen LogP contribution in [0, 0.1) is 13.8 Å². The van der Waals surface area contributed by atoms with E-state index in [1.807, 2.05) is 11.7 Å². The molecule has 2 aromatic rings. The highest BCUT2D eigenvalue weighted by molar-refractivity contribution is 5.42. The quantitative estimate of drug-likeness (QED) is 0.800. The summed E-state index contributed by atoms with van der Waals surface area (Å²) in [6.07, 6.45) is 8.89. The van der Waals surface area contributed by atoms with Crippen molar-refractivity contribution in [2.24, 2.45) is 7.05 Å². The van der Waals surface area contributed by atoms with Gasteiger partial charge in [0, 0.05) is 30.1 Å². The summed E-state index contributed by atoms with van der Waals surface area (Å²) in [5.41, 5.74) is 5.12. The number of nitrogens with zero attached hydrogens (tertiary/aromatic N) is 2. The number of aryl methyl sites for hydroxylation is 2. The standard InChI is InChI=1S/C18H20N2/c1-13-18(14(2)20(3)19-13)17-12-8-7-11-16(17)15-9-5-4-6-10-15/h4-12,16-17H,1-3H3. The minimum Gasteiger partial charge on any atom is -0.272 e. The molecule has 102 valence electrons. The zero-order valence-electron chi connectivity index (χ0n) is 12.2. The lowest BCUT2D eigenvalue weighted by Crippen LogP contribution is -2.11. The number of aromatic nitrogens is 2. The number of hydrogen-bond donors (Lipinski definition) is 0. The second kappa shape index (κ2) is 5.12. The van der Waals surface area contributed by atoms with Gasteiger partial charge in [-0.3, -0.25) is 4.68 Å². The van der Waals surface area contributed by atoms with Gasteiger partial charge in [-0.1, -0.05) is 54.6 Å². The first-order valence-electron chi connectivity index (χ1n) is 7.08. The summed E-state index contributed by atoms with van der Waals surface area (Å²) in [4.78, 5) is 0. The molecular formula is C18H20N2. The first-order chi connectivity index (χ1) is 9.68. The Morgan fingerprint density at radius 1 is 0.950 bits per heavy atom. The predicted molar refractivity (Wildman–Crippen MR) is 82.9 cm³/mol. The van der Waals surface area contributed by atoms with Crippen molar-refractivity contribution in [3.63, 3.8) is 0 Å². The first-order valence-corrected chi connectivity index (χ1v) is 7.08. The molecule has 0 amide bonds. The molecule has 1 heterocycles. The average molecular weight is 264 g/mol. The van der Waals surface area contributed by atoms with Crippen molar-refractivity contribution in [3.05, 3.63) is 77.2 Å². The van der Waals surface area contributed by atoms with E-state index in [1.165, 1.54) is 16.8 Å². The molecule has 0 fully saturated rings. The molecule has 0 saturated heterocycles. The normalized spacial score (nSPS) is 21.4. The van der Waals surface area contributed by atoms with Gasteiger partial charge in [0.15, 0.2) is 0 Å². The molecule has 2 heteroatoms. The summed E-state index contributed by atoms with van der Waals surface area (Å²) in [6, 6.07) is 10.7. The van der Waals surface area contributed by atoms with Gasteiger partial charge in [0.25, 0.3) is 0 Å². The monoisotopic (exact) mass is 264 g/mol. The Kier molecular flexibility index (Phi) is 3.31. The van der Waals surface area contributed by atoms with E-state index in [1.54, 1.807) is 0 Å². The van der Waals surface area contributed by atoms with Gasteiger partial charge in [-0.2, -0.15) is 5.10 Å². The minimum absolute atomic E-state index is 0.371. The number of allylic oxidation sites excluding steroid dienone is 4. The summed E-state index contributed by atoms with van der Waals surface area (Å²) in [5, 5.41) is 4.57. The zero-order chi connectivity index (χ0) is 14.1. The fourth-order valence-electron chi connectivity index (χ4n) is 3.15. The van der Waals surface area contributed by atoms with Crippen molar-refractivity contribution in [1.82, 2.24) is 9.78 Å². The molecule has 0 bridgehead atoms. The summed E-state index contributed by atoms with van der Waals surface area (Å²) in [7, 11) is 2.02. The Hall–Kier alpha value is -2.09. The Balaban J connectivity index is 2.07. The zero-order valence-corrected chi connectivity index (χ0v) is 12.2. The smallest absolute Gasteiger partial charge is 0.0634 e. The van der Waals surface area contributed by atoms with Crippen molar-refractivity contribution in [2.45, 2.75) is 25.7 Å². The van der Waals surface area contributed by atoms with Crippen LogP contribution in [0.25, 0.3) is 0 Å². The van der Waals surface area contributed by atoms with Crippen LogP contribution in [0.4, 0.5) is 0 Å². The maximum atomic E-state index is 4.57. The fraction of sp³-hybridized carbons (Fsp3) is 0.278. The van der Waals surface area contributed by atoms with Crippen molar-refractivity contribution in [3.8, 4) is 0 Å². The Labute approximate surface area is 120 Å². The van der Waals surface area contributed by atoms with Crippen LogP contribution in [0.15, 0.2) is 54.6 Å². The second-order valence-electron chi connectivity index (χ2n) is 5.44. The Morgan fingerprint density at radius 3 is 2.20 bits per heavy atom. The van der Waals surface area contributed by atoms with Crippen LogP contribution in [0.3, 0.4) is 0 Å². The van der Waals surface area contributed by atoms with Crippen LogP contribution in [0.1, 0.15) is 34.4 Å². The van der Waals surface area contributed by atoms with Crippen LogP contribution < -0.4 is 0 Å². The van der Waals surface area contributed by atoms with Crippen molar-refractivity contribution in [1.29, 1.82) is 0 Å². The molecule has 0 N–H and O–H groups in total. The lowest BCUT2D eigenvalue weighted by atomic mass is 9.78. The Bertz CT molecular complexity index is 662. The molecule has 0 spiro atoms. The summed E-state index contributed by atoms with van der Waals surface area (Å²) in [6.45, 7) is 4.26.